The monoisotopic (exact) mass is 334 g/mol. The van der Waals surface area contributed by atoms with Crippen molar-refractivity contribution in [3.05, 3.63) is 69.9 Å². The van der Waals surface area contributed by atoms with E-state index in [9.17, 15) is 9.18 Å². The van der Waals surface area contributed by atoms with Crippen LogP contribution < -0.4 is 5.43 Å². The maximum atomic E-state index is 12.8. The van der Waals surface area contributed by atoms with Gasteiger partial charge in [-0.05, 0) is 52.7 Å². The van der Waals surface area contributed by atoms with Crippen molar-refractivity contribution in [1.82, 2.24) is 5.43 Å². The first-order valence-corrected chi connectivity index (χ1v) is 6.72. The molecule has 0 spiro atoms. The van der Waals surface area contributed by atoms with Crippen LogP contribution in [0.2, 0.25) is 0 Å². The molecule has 0 aliphatic rings. The fourth-order valence-electron chi connectivity index (χ4n) is 1.60. The average Bonchev–Trinajstić information content (AvgIpc) is 2.45. The third-order valence-electron chi connectivity index (χ3n) is 2.71. The molecule has 0 heterocycles. The van der Waals surface area contributed by atoms with Gasteiger partial charge in [0.2, 0.25) is 0 Å². The number of rotatable bonds is 3. The van der Waals surface area contributed by atoms with E-state index in [-0.39, 0.29) is 11.7 Å². The minimum absolute atomic E-state index is 0.307. The Labute approximate surface area is 124 Å². The minimum Gasteiger partial charge on any atom is -0.267 e. The van der Waals surface area contributed by atoms with Gasteiger partial charge < -0.3 is 0 Å². The Hall–Kier alpha value is -2.01. The summed E-state index contributed by atoms with van der Waals surface area (Å²) in [5.74, 6) is -0.613. The molecule has 0 saturated heterocycles. The van der Waals surface area contributed by atoms with Crippen LogP contribution in [0.5, 0.6) is 0 Å². The molecule has 102 valence electrons. The molecule has 0 aliphatic heterocycles. The molecule has 1 N–H and O–H groups in total. The van der Waals surface area contributed by atoms with Crippen LogP contribution >= 0.6 is 15.9 Å². The summed E-state index contributed by atoms with van der Waals surface area (Å²) in [5.41, 5.74) is 4.33. The van der Waals surface area contributed by atoms with Crippen molar-refractivity contribution in [2.45, 2.75) is 6.92 Å². The first kappa shape index (κ1) is 14.4. The molecule has 2 aromatic carbocycles. The quantitative estimate of drug-likeness (QED) is 0.674. The Balaban J connectivity index is 2.11. The Kier molecular flexibility index (Phi) is 4.63. The number of nitrogens with one attached hydrogen (secondary N) is 1. The van der Waals surface area contributed by atoms with Crippen LogP contribution in [0.4, 0.5) is 4.39 Å². The standard InChI is InChI=1S/C15H12BrFN2O/c1-10(11-6-8-12(17)9-7-11)18-19-15(20)13-4-2-3-5-14(13)16/h2-9H,1H3,(H,19,20). The number of benzene rings is 2. The highest BCUT2D eigenvalue weighted by atomic mass is 79.9. The minimum atomic E-state index is -0.307. The zero-order valence-electron chi connectivity index (χ0n) is 10.7. The van der Waals surface area contributed by atoms with E-state index in [1.54, 1.807) is 37.3 Å². The Bertz CT molecular complexity index is 653. The van der Waals surface area contributed by atoms with Crippen LogP contribution in [0, 0.1) is 5.82 Å². The number of nitrogens with zero attached hydrogens (tertiary/aromatic N) is 1. The lowest BCUT2D eigenvalue weighted by Crippen LogP contribution is -2.19. The van der Waals surface area contributed by atoms with Crippen LogP contribution in [0.25, 0.3) is 0 Å². The molecular formula is C15H12BrFN2O. The van der Waals surface area contributed by atoms with E-state index in [0.717, 1.165) is 5.56 Å². The molecule has 3 nitrogen and oxygen atoms in total. The zero-order chi connectivity index (χ0) is 14.5. The Morgan fingerprint density at radius 3 is 2.45 bits per heavy atom. The number of hydrogen-bond donors (Lipinski definition) is 1. The number of amides is 1. The molecule has 0 unspecified atom stereocenters. The molecule has 5 heteroatoms. The molecular weight excluding hydrogens is 323 g/mol. The van der Waals surface area contributed by atoms with Crippen molar-refractivity contribution in [2.24, 2.45) is 5.10 Å². The predicted molar refractivity (Wildman–Crippen MR) is 80.2 cm³/mol. The second-order valence-electron chi connectivity index (χ2n) is 4.12. The number of carbonyl (C=O) groups is 1. The van der Waals surface area contributed by atoms with E-state index in [1.165, 1.54) is 12.1 Å². The van der Waals surface area contributed by atoms with Gasteiger partial charge in [0, 0.05) is 4.47 Å². The largest absolute Gasteiger partial charge is 0.272 e. The first-order chi connectivity index (χ1) is 9.58. The summed E-state index contributed by atoms with van der Waals surface area (Å²) in [6.07, 6.45) is 0. The van der Waals surface area contributed by atoms with Gasteiger partial charge in [0.05, 0.1) is 11.3 Å². The van der Waals surface area contributed by atoms with Gasteiger partial charge in [0.25, 0.3) is 5.91 Å². The SMILES string of the molecule is CC(=NNC(=O)c1ccccc1Br)c1ccc(F)cc1. The van der Waals surface area contributed by atoms with E-state index in [0.29, 0.717) is 15.7 Å². The van der Waals surface area contributed by atoms with Crippen molar-refractivity contribution >= 4 is 27.5 Å². The molecule has 0 fully saturated rings. The van der Waals surface area contributed by atoms with Gasteiger partial charge in [-0.2, -0.15) is 5.10 Å². The summed E-state index contributed by atoms with van der Waals surface area (Å²) in [6.45, 7) is 1.74. The van der Waals surface area contributed by atoms with Gasteiger partial charge in [-0.15, -0.1) is 0 Å². The van der Waals surface area contributed by atoms with Crippen LogP contribution in [0.1, 0.15) is 22.8 Å². The van der Waals surface area contributed by atoms with Crippen LogP contribution in [0.3, 0.4) is 0 Å². The fraction of sp³-hybridized carbons (Fsp3) is 0.0667. The van der Waals surface area contributed by atoms with E-state index in [1.807, 2.05) is 6.07 Å². The molecule has 0 bridgehead atoms. The van der Waals surface area contributed by atoms with E-state index >= 15 is 0 Å². The molecule has 2 aromatic rings. The average molecular weight is 335 g/mol. The van der Waals surface area contributed by atoms with Crippen LogP contribution in [0.15, 0.2) is 58.1 Å². The van der Waals surface area contributed by atoms with Gasteiger partial charge in [-0.1, -0.05) is 24.3 Å². The van der Waals surface area contributed by atoms with Crippen molar-refractivity contribution in [2.75, 3.05) is 0 Å². The van der Waals surface area contributed by atoms with Crippen molar-refractivity contribution in [3.8, 4) is 0 Å². The van der Waals surface area contributed by atoms with Gasteiger partial charge in [0.1, 0.15) is 5.82 Å². The van der Waals surface area contributed by atoms with Gasteiger partial charge in [-0.25, -0.2) is 9.82 Å². The summed E-state index contributed by atoms with van der Waals surface area (Å²) in [5, 5.41) is 4.02. The summed E-state index contributed by atoms with van der Waals surface area (Å²) in [6, 6.07) is 13.0. The number of halogens is 2. The number of hydrazone groups is 1. The third-order valence-corrected chi connectivity index (χ3v) is 3.40. The second kappa shape index (κ2) is 6.43. The third kappa shape index (κ3) is 3.51. The van der Waals surface area contributed by atoms with Crippen LogP contribution in [-0.4, -0.2) is 11.6 Å². The van der Waals surface area contributed by atoms with Gasteiger partial charge in [-0.3, -0.25) is 4.79 Å². The lowest BCUT2D eigenvalue weighted by molar-refractivity contribution is 0.0954. The van der Waals surface area contributed by atoms with Gasteiger partial charge >= 0.3 is 0 Å². The topological polar surface area (TPSA) is 41.5 Å². The first-order valence-electron chi connectivity index (χ1n) is 5.93. The number of carbonyl (C=O) groups excluding carboxylic acids is 1. The molecule has 0 atom stereocenters. The molecule has 2 rings (SSSR count). The summed E-state index contributed by atoms with van der Waals surface area (Å²) in [7, 11) is 0. The van der Waals surface area contributed by atoms with Crippen molar-refractivity contribution in [3.63, 3.8) is 0 Å². The predicted octanol–water partition coefficient (Wildman–Crippen LogP) is 3.74. The highest BCUT2D eigenvalue weighted by Gasteiger charge is 2.08. The smallest absolute Gasteiger partial charge is 0.267 e. The molecule has 0 aliphatic carbocycles. The summed E-state index contributed by atoms with van der Waals surface area (Å²) < 4.78 is 13.5. The highest BCUT2D eigenvalue weighted by molar-refractivity contribution is 9.10. The lowest BCUT2D eigenvalue weighted by Gasteiger charge is -2.04. The van der Waals surface area contributed by atoms with Crippen molar-refractivity contribution < 1.29 is 9.18 Å². The molecule has 0 radical (unpaired) electrons. The summed E-state index contributed by atoms with van der Waals surface area (Å²) in [4.78, 5) is 11.9. The van der Waals surface area contributed by atoms with E-state index in [4.69, 9.17) is 0 Å². The Morgan fingerprint density at radius 1 is 1.15 bits per heavy atom. The maximum Gasteiger partial charge on any atom is 0.272 e. The highest BCUT2D eigenvalue weighted by Crippen LogP contribution is 2.15. The lowest BCUT2D eigenvalue weighted by atomic mass is 10.1. The molecule has 0 aromatic heterocycles. The molecule has 0 saturated carbocycles. The molecule has 20 heavy (non-hydrogen) atoms. The van der Waals surface area contributed by atoms with Crippen molar-refractivity contribution in [1.29, 1.82) is 0 Å². The molecule has 1 amide bonds. The van der Waals surface area contributed by atoms with E-state index in [2.05, 4.69) is 26.5 Å². The fourth-order valence-corrected chi connectivity index (χ4v) is 2.06. The zero-order valence-corrected chi connectivity index (χ0v) is 12.3. The number of hydrogen-bond acceptors (Lipinski definition) is 2. The summed E-state index contributed by atoms with van der Waals surface area (Å²) >= 11 is 3.31. The maximum absolute atomic E-state index is 12.8. The van der Waals surface area contributed by atoms with Crippen LogP contribution in [-0.2, 0) is 0 Å². The van der Waals surface area contributed by atoms with Gasteiger partial charge in [0.15, 0.2) is 0 Å². The Morgan fingerprint density at radius 2 is 1.80 bits per heavy atom. The van der Waals surface area contributed by atoms with E-state index < -0.39 is 0 Å². The normalized spacial score (nSPS) is 11.2. The second-order valence-corrected chi connectivity index (χ2v) is 4.98.